The van der Waals surface area contributed by atoms with Gasteiger partial charge in [-0.25, -0.2) is 4.79 Å². The van der Waals surface area contributed by atoms with Crippen molar-refractivity contribution in [1.29, 1.82) is 0 Å². The number of hydrogen-bond donors (Lipinski definition) is 1. The van der Waals surface area contributed by atoms with Gasteiger partial charge in [-0.05, 0) is 22.6 Å². The lowest BCUT2D eigenvalue weighted by molar-refractivity contribution is 0.127. The first-order valence-corrected chi connectivity index (χ1v) is 12.8. The first-order chi connectivity index (χ1) is 15.5. The molecule has 0 aromatic heterocycles. The fraction of sp³-hybridized carbons (Fsp3) is 0.296. The van der Waals surface area contributed by atoms with E-state index in [-0.39, 0.29) is 0 Å². The minimum absolute atomic E-state index is 0.617. The summed E-state index contributed by atoms with van der Waals surface area (Å²) in [5.74, 6) is 0. The van der Waals surface area contributed by atoms with Crippen LogP contribution in [0.2, 0.25) is 0 Å². The minimum Gasteiger partial charge on any atom is -0.451 e. The fourth-order valence-electron chi connectivity index (χ4n) is 4.42. The van der Waals surface area contributed by atoms with Crippen molar-refractivity contribution in [3.8, 4) is 0 Å². The number of hydrogen-bond acceptors (Lipinski definition) is 3. The summed E-state index contributed by atoms with van der Waals surface area (Å²) in [4.78, 5) is 12.8. The lowest BCUT2D eigenvalue weighted by Crippen LogP contribution is -2.41. The zero-order valence-corrected chi connectivity index (χ0v) is 19.9. The van der Waals surface area contributed by atoms with Crippen LogP contribution in [-0.2, 0) is 4.74 Å². The predicted molar refractivity (Wildman–Crippen MR) is 133 cm³/mol. The highest BCUT2D eigenvalue weighted by molar-refractivity contribution is 7.82. The van der Waals surface area contributed by atoms with Gasteiger partial charge in [0.25, 0.3) is 0 Å². The molecule has 0 aliphatic rings. The van der Waals surface area contributed by atoms with E-state index in [1.54, 1.807) is 0 Å². The Labute approximate surface area is 191 Å². The Morgan fingerprint density at radius 1 is 0.938 bits per heavy atom. The van der Waals surface area contributed by atoms with Crippen molar-refractivity contribution in [2.24, 2.45) is 4.74 Å². The molecule has 0 radical (unpaired) electrons. The molecule has 3 aromatic carbocycles. The van der Waals surface area contributed by atoms with Gasteiger partial charge in [0.1, 0.15) is 0 Å². The largest absolute Gasteiger partial charge is 0.451 e. The Kier molecular flexibility index (Phi) is 8.06. The molecule has 0 heterocycles. The summed E-state index contributed by atoms with van der Waals surface area (Å²) in [6.07, 6.45) is 1.14. The number of rotatable bonds is 8. The van der Waals surface area contributed by atoms with E-state index in [9.17, 15) is 9.90 Å². The van der Waals surface area contributed by atoms with Crippen LogP contribution in [0, 0.1) is 0 Å². The Morgan fingerprint density at radius 2 is 1.41 bits per heavy atom. The van der Waals surface area contributed by atoms with Gasteiger partial charge >= 0.3 is 6.09 Å². The summed E-state index contributed by atoms with van der Waals surface area (Å²) < 4.78 is 9.90. The molecule has 1 amide bonds. The van der Waals surface area contributed by atoms with E-state index >= 15 is 0 Å². The Hall–Kier alpha value is -2.68. The molecule has 1 N–H and O–H groups in total. The van der Waals surface area contributed by atoms with Crippen LogP contribution in [0.4, 0.5) is 4.79 Å². The molecular formula is C27H32NO3P. The SMILES string of the molecule is CCCCC(C)(C(O)c1ccccc1)P(=NC(=O)OC)(c1ccccc1)c1ccccc1. The number of aliphatic hydroxyl groups excluding tert-OH is 1. The number of nitrogens with zero attached hydrogens (tertiary/aromatic N) is 1. The Balaban J connectivity index is 2.44. The third-order valence-electron chi connectivity index (χ3n) is 6.15. The third kappa shape index (κ3) is 4.57. The molecule has 3 aromatic rings. The summed E-state index contributed by atoms with van der Waals surface area (Å²) in [7, 11) is -1.49. The number of carbonyl (C=O) groups is 1. The lowest BCUT2D eigenvalue weighted by Gasteiger charge is -2.46. The average molecular weight is 450 g/mol. The molecule has 0 aliphatic heterocycles. The van der Waals surface area contributed by atoms with E-state index in [1.165, 1.54) is 7.11 Å². The van der Waals surface area contributed by atoms with Crippen LogP contribution in [-0.4, -0.2) is 23.5 Å². The van der Waals surface area contributed by atoms with Crippen molar-refractivity contribution in [2.75, 3.05) is 7.11 Å². The highest BCUT2D eigenvalue weighted by Gasteiger charge is 2.49. The van der Waals surface area contributed by atoms with Crippen molar-refractivity contribution >= 4 is 23.8 Å². The maximum absolute atomic E-state index is 12.8. The summed E-state index contributed by atoms with van der Waals surface area (Å²) in [5, 5.41) is 13.1. The summed E-state index contributed by atoms with van der Waals surface area (Å²) >= 11 is 0. The number of aliphatic hydroxyl groups is 1. The fourth-order valence-corrected chi connectivity index (χ4v) is 8.88. The van der Waals surface area contributed by atoms with Gasteiger partial charge in [-0.3, -0.25) is 0 Å². The smallest absolute Gasteiger partial charge is 0.432 e. The van der Waals surface area contributed by atoms with Crippen molar-refractivity contribution in [3.05, 3.63) is 96.6 Å². The van der Waals surface area contributed by atoms with Crippen molar-refractivity contribution < 1.29 is 14.6 Å². The van der Waals surface area contributed by atoms with E-state index in [0.717, 1.165) is 29.0 Å². The highest BCUT2D eigenvalue weighted by atomic mass is 31.2. The molecule has 0 aliphatic carbocycles. The minimum atomic E-state index is -2.85. The summed E-state index contributed by atoms with van der Waals surface area (Å²) in [6, 6.07) is 29.6. The van der Waals surface area contributed by atoms with Gasteiger partial charge in [-0.15, -0.1) is 0 Å². The maximum atomic E-state index is 12.8. The standard InChI is InChI=1S/C27H32NO3P/c1-4-5-21-27(2,25(29)22-15-9-6-10-16-22)32(28-26(30)31-3,23-17-11-7-12-18-23)24-19-13-8-14-20-24/h6-20,25,29H,4-5,21H2,1-3H3. The zero-order valence-electron chi connectivity index (χ0n) is 19.0. The van der Waals surface area contributed by atoms with Gasteiger partial charge in [0, 0.05) is 12.2 Å². The molecule has 0 spiro atoms. The summed E-state index contributed by atoms with van der Waals surface area (Å²) in [6.45, 7) is 4.22. The topological polar surface area (TPSA) is 58.9 Å². The predicted octanol–water partition coefficient (Wildman–Crippen LogP) is 6.29. The average Bonchev–Trinajstić information content (AvgIpc) is 2.86. The molecule has 5 heteroatoms. The van der Waals surface area contributed by atoms with Crippen LogP contribution in [0.25, 0.3) is 0 Å². The lowest BCUT2D eigenvalue weighted by atomic mass is 9.91. The number of amides is 1. The van der Waals surface area contributed by atoms with Crippen LogP contribution in [0.3, 0.4) is 0 Å². The Bertz CT molecular complexity index is 1010. The zero-order chi connectivity index (χ0) is 23.0. The number of benzene rings is 3. The van der Waals surface area contributed by atoms with Crippen LogP contribution in [0.15, 0.2) is 95.7 Å². The van der Waals surface area contributed by atoms with Crippen molar-refractivity contribution in [3.63, 3.8) is 0 Å². The highest BCUT2D eigenvalue weighted by Crippen LogP contribution is 2.65. The number of unbranched alkanes of at least 4 members (excludes halogenated alkanes) is 1. The molecular weight excluding hydrogens is 417 g/mol. The molecule has 2 atom stereocenters. The third-order valence-corrected chi connectivity index (χ3v) is 10.6. The second-order valence-electron chi connectivity index (χ2n) is 8.15. The van der Waals surface area contributed by atoms with Crippen LogP contribution < -0.4 is 10.6 Å². The van der Waals surface area contributed by atoms with Crippen molar-refractivity contribution in [1.82, 2.24) is 0 Å². The monoisotopic (exact) mass is 449 g/mol. The molecule has 2 unspecified atom stereocenters. The van der Waals surface area contributed by atoms with E-state index < -0.39 is 24.4 Å². The number of ether oxygens (including phenoxy) is 1. The molecule has 168 valence electrons. The first kappa shape index (κ1) is 24.0. The van der Waals surface area contributed by atoms with E-state index in [2.05, 4.69) is 13.8 Å². The van der Waals surface area contributed by atoms with Gasteiger partial charge < -0.3 is 9.84 Å². The van der Waals surface area contributed by atoms with Crippen LogP contribution >= 0.6 is 7.05 Å². The van der Waals surface area contributed by atoms with Gasteiger partial charge in [0.2, 0.25) is 0 Å². The van der Waals surface area contributed by atoms with Crippen LogP contribution in [0.5, 0.6) is 0 Å². The van der Waals surface area contributed by atoms with Gasteiger partial charge in [0.15, 0.2) is 0 Å². The molecule has 0 bridgehead atoms. The normalized spacial score (nSPS) is 14.2. The van der Waals surface area contributed by atoms with Crippen LogP contribution in [0.1, 0.15) is 44.8 Å². The summed E-state index contributed by atoms with van der Waals surface area (Å²) in [5.41, 5.74) is 0.822. The number of carbonyl (C=O) groups excluding carboxylic acids is 1. The van der Waals surface area contributed by atoms with E-state index in [4.69, 9.17) is 9.48 Å². The van der Waals surface area contributed by atoms with Gasteiger partial charge in [0.05, 0.1) is 13.2 Å². The van der Waals surface area contributed by atoms with Gasteiger partial charge in [-0.1, -0.05) is 118 Å². The molecule has 4 nitrogen and oxygen atoms in total. The maximum Gasteiger partial charge on any atom is 0.432 e. The Morgan fingerprint density at radius 3 is 1.84 bits per heavy atom. The first-order valence-electron chi connectivity index (χ1n) is 11.0. The molecule has 0 saturated heterocycles. The second-order valence-corrected chi connectivity index (χ2v) is 11.7. The molecule has 32 heavy (non-hydrogen) atoms. The van der Waals surface area contributed by atoms with Crippen molar-refractivity contribution in [2.45, 2.75) is 44.4 Å². The quantitative estimate of drug-likeness (QED) is 0.411. The number of methoxy groups -OCH3 is 1. The van der Waals surface area contributed by atoms with E-state index in [1.807, 2.05) is 91.0 Å². The van der Waals surface area contributed by atoms with Gasteiger partial charge in [-0.2, -0.15) is 4.74 Å². The molecule has 0 saturated carbocycles. The second kappa shape index (κ2) is 10.8. The molecule has 3 rings (SSSR count). The molecule has 0 fully saturated rings. The van der Waals surface area contributed by atoms with E-state index in [0.29, 0.717) is 6.42 Å².